The number of aldehydes is 1. The van der Waals surface area contributed by atoms with E-state index in [0.29, 0.717) is 13.0 Å². The molecule has 0 spiro atoms. The summed E-state index contributed by atoms with van der Waals surface area (Å²) in [4.78, 5) is 13.1. The molecule has 0 fully saturated rings. The Morgan fingerprint density at radius 2 is 0.750 bits per heavy atom. The molecule has 0 bridgehead atoms. The fraction of sp³-hybridized carbons (Fsp3) is 0.976. The maximum absolute atomic E-state index is 10.5. The second-order valence-electron chi connectivity index (χ2n) is 14.1. The average Bonchev–Trinajstić information content (AvgIpc) is 3.09. The molecule has 0 aliphatic heterocycles. The lowest BCUT2D eigenvalue weighted by Gasteiger charge is -2.22. The first-order chi connectivity index (χ1) is 23.8. The van der Waals surface area contributed by atoms with Gasteiger partial charge in [-0.2, -0.15) is 0 Å². The molecule has 0 atom stereocenters. The summed E-state index contributed by atoms with van der Waals surface area (Å²) in [7, 11) is -1.23. The molecule has 0 aliphatic carbocycles. The standard InChI is InChI=1S/C41H84NO5P/c1-3-5-7-9-11-13-17-23-31-39-45-48(46-40-32-24-18-14-12-10-8-6-4-2)47-41-33-25-19-21-27-35-42(36-28-30-38-44)34-26-20-15-16-22-29-37-43/h37,44H,3-36,38-41H2,1-2H3. The number of nitrogens with zero attached hydrogens (tertiary/aromatic N) is 1. The summed E-state index contributed by atoms with van der Waals surface area (Å²) in [5, 5.41) is 9.20. The summed E-state index contributed by atoms with van der Waals surface area (Å²) in [5.41, 5.74) is 0. The van der Waals surface area contributed by atoms with E-state index in [-0.39, 0.29) is 0 Å². The van der Waals surface area contributed by atoms with Gasteiger partial charge >= 0.3 is 8.60 Å². The molecule has 6 nitrogen and oxygen atoms in total. The molecule has 48 heavy (non-hydrogen) atoms. The third kappa shape index (κ3) is 38.7. The van der Waals surface area contributed by atoms with Crippen molar-refractivity contribution in [2.75, 3.05) is 46.1 Å². The Labute approximate surface area is 301 Å². The van der Waals surface area contributed by atoms with E-state index >= 15 is 0 Å². The molecule has 0 amide bonds. The van der Waals surface area contributed by atoms with E-state index in [4.69, 9.17) is 13.6 Å². The summed E-state index contributed by atoms with van der Waals surface area (Å²) in [6.45, 7) is 10.5. The number of aliphatic hydroxyl groups excluding tert-OH is 1. The van der Waals surface area contributed by atoms with E-state index < -0.39 is 8.60 Å². The molecule has 0 aromatic heterocycles. The Kier molecular flexibility index (Phi) is 43.0. The molecule has 0 rings (SSSR count). The van der Waals surface area contributed by atoms with Gasteiger partial charge in [0, 0.05) is 13.0 Å². The Balaban J connectivity index is 4.17. The highest BCUT2D eigenvalue weighted by molar-refractivity contribution is 7.41. The van der Waals surface area contributed by atoms with Crippen LogP contribution in [0.1, 0.15) is 213 Å². The first-order valence-electron chi connectivity index (χ1n) is 21.2. The van der Waals surface area contributed by atoms with Gasteiger partial charge in [-0.05, 0) is 71.0 Å². The number of hydrogen-bond donors (Lipinski definition) is 1. The summed E-state index contributed by atoms with van der Waals surface area (Å²) in [6.07, 6.45) is 39.5. The van der Waals surface area contributed by atoms with Gasteiger partial charge in [-0.1, -0.05) is 155 Å². The van der Waals surface area contributed by atoms with Crippen LogP contribution in [0.2, 0.25) is 0 Å². The number of rotatable bonds is 43. The fourth-order valence-corrected chi connectivity index (χ4v) is 7.26. The van der Waals surface area contributed by atoms with E-state index in [1.807, 2.05) is 0 Å². The zero-order chi connectivity index (χ0) is 34.9. The van der Waals surface area contributed by atoms with Crippen molar-refractivity contribution in [3.8, 4) is 0 Å². The topological polar surface area (TPSA) is 68.2 Å². The van der Waals surface area contributed by atoms with E-state index in [2.05, 4.69) is 18.7 Å². The highest BCUT2D eigenvalue weighted by atomic mass is 31.2. The second-order valence-corrected chi connectivity index (χ2v) is 15.4. The zero-order valence-corrected chi connectivity index (χ0v) is 33.3. The molecule has 0 heterocycles. The molecule has 0 aromatic rings. The van der Waals surface area contributed by atoms with E-state index in [9.17, 15) is 9.90 Å². The van der Waals surface area contributed by atoms with Crippen LogP contribution in [0.25, 0.3) is 0 Å². The quantitative estimate of drug-likeness (QED) is 0.0388. The van der Waals surface area contributed by atoms with Crippen LogP contribution >= 0.6 is 8.60 Å². The van der Waals surface area contributed by atoms with Gasteiger partial charge in [0.1, 0.15) is 6.29 Å². The SMILES string of the molecule is CCCCCCCCCCCOP(OCCCCCCCCCCC)OCCCCCCCN(CCCCO)CCCCCCCC=O. The average molecular weight is 702 g/mol. The fourth-order valence-electron chi connectivity index (χ4n) is 6.20. The Morgan fingerprint density at radius 3 is 1.10 bits per heavy atom. The predicted molar refractivity (Wildman–Crippen MR) is 209 cm³/mol. The van der Waals surface area contributed by atoms with E-state index in [0.717, 1.165) is 84.3 Å². The third-order valence-electron chi connectivity index (χ3n) is 9.38. The summed E-state index contributed by atoms with van der Waals surface area (Å²) in [5.74, 6) is 0. The minimum atomic E-state index is -1.23. The van der Waals surface area contributed by atoms with Gasteiger partial charge in [-0.25, -0.2) is 0 Å². The van der Waals surface area contributed by atoms with Gasteiger partial charge < -0.3 is 28.4 Å². The van der Waals surface area contributed by atoms with Crippen LogP contribution in [0.15, 0.2) is 0 Å². The molecule has 0 saturated carbocycles. The van der Waals surface area contributed by atoms with E-state index in [1.54, 1.807) is 0 Å². The van der Waals surface area contributed by atoms with Crippen LogP contribution in [-0.4, -0.2) is 62.4 Å². The summed E-state index contributed by atoms with van der Waals surface area (Å²) in [6, 6.07) is 0. The molecule has 288 valence electrons. The summed E-state index contributed by atoms with van der Waals surface area (Å²) < 4.78 is 18.5. The molecule has 0 aromatic carbocycles. The number of hydrogen-bond acceptors (Lipinski definition) is 6. The molecule has 0 radical (unpaired) electrons. The van der Waals surface area contributed by atoms with Crippen molar-refractivity contribution in [2.45, 2.75) is 213 Å². The third-order valence-corrected chi connectivity index (χ3v) is 10.6. The van der Waals surface area contributed by atoms with Gasteiger partial charge in [0.05, 0.1) is 19.8 Å². The number of unbranched alkanes of at least 4 members (excludes halogenated alkanes) is 26. The van der Waals surface area contributed by atoms with Gasteiger partial charge in [0.2, 0.25) is 0 Å². The van der Waals surface area contributed by atoms with Gasteiger partial charge in [0.25, 0.3) is 0 Å². The van der Waals surface area contributed by atoms with Crippen LogP contribution in [0.4, 0.5) is 0 Å². The van der Waals surface area contributed by atoms with Crippen LogP contribution in [0.5, 0.6) is 0 Å². The second kappa shape index (κ2) is 43.1. The lowest BCUT2D eigenvalue weighted by atomic mass is 10.1. The van der Waals surface area contributed by atoms with Crippen molar-refractivity contribution in [3.05, 3.63) is 0 Å². The van der Waals surface area contributed by atoms with Crippen molar-refractivity contribution >= 4 is 14.9 Å². The molecular weight excluding hydrogens is 617 g/mol. The minimum absolute atomic E-state index is 0.295. The molecule has 7 heteroatoms. The largest absolute Gasteiger partial charge is 0.396 e. The smallest absolute Gasteiger partial charge is 0.332 e. The Bertz CT molecular complexity index is 575. The lowest BCUT2D eigenvalue weighted by molar-refractivity contribution is -0.107. The molecule has 0 aliphatic rings. The van der Waals surface area contributed by atoms with Crippen molar-refractivity contribution in [1.29, 1.82) is 0 Å². The zero-order valence-electron chi connectivity index (χ0n) is 32.4. The Hall–Kier alpha value is -0.1000. The van der Waals surface area contributed by atoms with Gasteiger partial charge in [-0.15, -0.1) is 0 Å². The number of carbonyl (C=O) groups excluding carboxylic acids is 1. The minimum Gasteiger partial charge on any atom is -0.396 e. The highest BCUT2D eigenvalue weighted by Gasteiger charge is 2.12. The molecule has 0 saturated heterocycles. The van der Waals surface area contributed by atoms with Crippen LogP contribution in [0, 0.1) is 0 Å². The summed E-state index contributed by atoms with van der Waals surface area (Å²) >= 11 is 0. The lowest BCUT2D eigenvalue weighted by Crippen LogP contribution is -2.27. The normalized spacial score (nSPS) is 11.8. The molecule has 0 unspecified atom stereocenters. The Morgan fingerprint density at radius 1 is 0.438 bits per heavy atom. The predicted octanol–water partition coefficient (Wildman–Crippen LogP) is 12.9. The van der Waals surface area contributed by atoms with Crippen LogP contribution in [0.3, 0.4) is 0 Å². The van der Waals surface area contributed by atoms with Crippen molar-refractivity contribution in [2.24, 2.45) is 0 Å². The molecular formula is C41H84NO5P. The first kappa shape index (κ1) is 47.9. The molecule has 1 N–H and O–H groups in total. The van der Waals surface area contributed by atoms with Gasteiger partial charge in [-0.3, -0.25) is 0 Å². The maximum atomic E-state index is 10.5. The van der Waals surface area contributed by atoms with Crippen LogP contribution < -0.4 is 0 Å². The van der Waals surface area contributed by atoms with E-state index in [1.165, 1.54) is 154 Å². The van der Waals surface area contributed by atoms with Crippen molar-refractivity contribution in [1.82, 2.24) is 4.90 Å². The number of carbonyl (C=O) groups is 1. The highest BCUT2D eigenvalue weighted by Crippen LogP contribution is 2.40. The number of aliphatic hydroxyl groups is 1. The van der Waals surface area contributed by atoms with Crippen molar-refractivity contribution < 1.29 is 23.5 Å². The van der Waals surface area contributed by atoms with Crippen LogP contribution in [-0.2, 0) is 18.4 Å². The maximum Gasteiger partial charge on any atom is 0.332 e. The monoisotopic (exact) mass is 702 g/mol. The van der Waals surface area contributed by atoms with Gasteiger partial charge in [0.15, 0.2) is 0 Å². The first-order valence-corrected chi connectivity index (χ1v) is 22.3. The van der Waals surface area contributed by atoms with Crippen molar-refractivity contribution in [3.63, 3.8) is 0 Å².